The van der Waals surface area contributed by atoms with Gasteiger partial charge >= 0.3 is 0 Å². The minimum Gasteiger partial charge on any atom is -0.455 e. The van der Waals surface area contributed by atoms with E-state index in [0.29, 0.717) is 11.3 Å². The molecule has 2 aromatic carbocycles. The van der Waals surface area contributed by atoms with Crippen molar-refractivity contribution < 1.29 is 9.21 Å². The van der Waals surface area contributed by atoms with Crippen molar-refractivity contribution in [3.8, 4) is 23.2 Å². The van der Waals surface area contributed by atoms with Gasteiger partial charge in [-0.05, 0) is 18.6 Å². The number of furan rings is 1. The smallest absolute Gasteiger partial charge is 0.151 e. The van der Waals surface area contributed by atoms with E-state index in [1.54, 1.807) is 6.07 Å². The van der Waals surface area contributed by atoms with Crippen molar-refractivity contribution in [2.24, 2.45) is 0 Å². The van der Waals surface area contributed by atoms with Crippen LogP contribution in [0.4, 0.5) is 0 Å². The summed E-state index contributed by atoms with van der Waals surface area (Å²) in [6.45, 7) is 2.15. The van der Waals surface area contributed by atoms with Crippen LogP contribution in [0.25, 0.3) is 22.3 Å². The molecule has 114 valence electrons. The lowest BCUT2D eigenvalue weighted by Gasteiger charge is -2.01. The number of carbonyl (C=O) groups excluding carboxylic acids is 1. The highest BCUT2D eigenvalue weighted by molar-refractivity contribution is 5.95. The van der Waals surface area contributed by atoms with Gasteiger partial charge in [-0.1, -0.05) is 61.6 Å². The van der Waals surface area contributed by atoms with E-state index >= 15 is 0 Å². The van der Waals surface area contributed by atoms with Gasteiger partial charge in [0.05, 0.1) is 5.56 Å². The molecule has 0 N–H and O–H groups in total. The van der Waals surface area contributed by atoms with Crippen LogP contribution in [0.15, 0.2) is 52.9 Å². The Kier molecular flexibility index (Phi) is 4.59. The van der Waals surface area contributed by atoms with E-state index < -0.39 is 0 Å². The molecule has 0 saturated carbocycles. The van der Waals surface area contributed by atoms with E-state index in [1.807, 2.05) is 42.5 Å². The fourth-order valence-corrected chi connectivity index (χ4v) is 2.58. The molecule has 0 aliphatic heterocycles. The molecule has 0 spiro atoms. The predicted octanol–water partition coefficient (Wildman–Crippen LogP) is 5.45. The molecular formula is C21H18O2. The summed E-state index contributed by atoms with van der Waals surface area (Å²) in [5.41, 5.74) is 3.07. The lowest BCUT2D eigenvalue weighted by molar-refractivity contribution is 0.112. The van der Waals surface area contributed by atoms with Crippen LogP contribution < -0.4 is 0 Å². The van der Waals surface area contributed by atoms with Gasteiger partial charge in [0.25, 0.3) is 0 Å². The Morgan fingerprint density at radius 1 is 1.09 bits per heavy atom. The molecule has 1 aromatic heterocycles. The van der Waals surface area contributed by atoms with Crippen LogP contribution >= 0.6 is 0 Å². The number of hydrogen-bond acceptors (Lipinski definition) is 2. The van der Waals surface area contributed by atoms with Gasteiger partial charge in [-0.3, -0.25) is 4.79 Å². The highest BCUT2D eigenvalue weighted by atomic mass is 16.3. The average molecular weight is 302 g/mol. The minimum absolute atomic E-state index is 0.614. The molecule has 0 aliphatic rings. The highest BCUT2D eigenvalue weighted by Gasteiger charge is 2.16. The molecule has 0 amide bonds. The molecule has 3 aromatic rings. The zero-order chi connectivity index (χ0) is 16.1. The maximum Gasteiger partial charge on any atom is 0.151 e. The van der Waals surface area contributed by atoms with Crippen LogP contribution in [-0.4, -0.2) is 6.29 Å². The molecule has 0 bridgehead atoms. The van der Waals surface area contributed by atoms with E-state index in [0.717, 1.165) is 47.6 Å². The first-order chi connectivity index (χ1) is 11.3. The van der Waals surface area contributed by atoms with Crippen molar-refractivity contribution in [3.63, 3.8) is 0 Å². The fraction of sp³-hybridized carbons (Fsp3) is 0.190. The summed E-state index contributed by atoms with van der Waals surface area (Å²) in [5, 5.41) is 0.993. The second kappa shape index (κ2) is 6.98. The minimum atomic E-state index is 0.614. The summed E-state index contributed by atoms with van der Waals surface area (Å²) in [5.74, 6) is 7.17. The Hall–Kier alpha value is -2.79. The maximum atomic E-state index is 11.3. The van der Waals surface area contributed by atoms with Crippen molar-refractivity contribution >= 4 is 17.3 Å². The van der Waals surface area contributed by atoms with Crippen LogP contribution in [0.5, 0.6) is 0 Å². The van der Waals surface area contributed by atoms with Crippen LogP contribution in [0, 0.1) is 11.8 Å². The third-order valence-electron chi connectivity index (χ3n) is 3.80. The normalized spacial score (nSPS) is 10.3. The SMILES string of the molecule is CCCCC#Cc1c(-c2ccccc2C=O)oc2ccccc12. The molecule has 3 rings (SSSR count). The van der Waals surface area contributed by atoms with Crippen LogP contribution in [-0.2, 0) is 0 Å². The second-order valence-corrected chi connectivity index (χ2v) is 5.41. The number of hydrogen-bond donors (Lipinski definition) is 0. The monoisotopic (exact) mass is 302 g/mol. The summed E-state index contributed by atoms with van der Waals surface area (Å²) < 4.78 is 6.02. The summed E-state index contributed by atoms with van der Waals surface area (Å²) in [7, 11) is 0. The van der Waals surface area contributed by atoms with Crippen molar-refractivity contribution in [1.29, 1.82) is 0 Å². The zero-order valence-electron chi connectivity index (χ0n) is 13.1. The number of aldehydes is 1. The number of benzene rings is 2. The first kappa shape index (κ1) is 15.1. The molecule has 0 atom stereocenters. The summed E-state index contributed by atoms with van der Waals surface area (Å²) in [6.07, 6.45) is 3.94. The number of unbranched alkanes of at least 4 members (excludes halogenated alkanes) is 2. The van der Waals surface area contributed by atoms with Crippen molar-refractivity contribution in [2.45, 2.75) is 26.2 Å². The molecule has 23 heavy (non-hydrogen) atoms. The standard InChI is InChI=1S/C21H18O2/c1-2-3-4-5-13-19-18-12-8-9-14-20(18)23-21(19)17-11-7-6-10-16(17)15-22/h6-12,14-15H,2-4H2,1H3. The van der Waals surface area contributed by atoms with Crippen LogP contribution in [0.3, 0.4) is 0 Å². The molecule has 0 fully saturated rings. The Morgan fingerprint density at radius 2 is 1.87 bits per heavy atom. The van der Waals surface area contributed by atoms with Gasteiger partial charge in [0.15, 0.2) is 12.0 Å². The quantitative estimate of drug-likeness (QED) is 0.364. The van der Waals surface area contributed by atoms with Gasteiger partial charge in [-0.2, -0.15) is 0 Å². The molecule has 0 saturated heterocycles. The van der Waals surface area contributed by atoms with Crippen molar-refractivity contribution in [3.05, 3.63) is 59.7 Å². The third-order valence-corrected chi connectivity index (χ3v) is 3.80. The largest absolute Gasteiger partial charge is 0.455 e. The number of carbonyl (C=O) groups is 1. The molecule has 0 aliphatic carbocycles. The van der Waals surface area contributed by atoms with Crippen LogP contribution in [0.2, 0.25) is 0 Å². The fourth-order valence-electron chi connectivity index (χ4n) is 2.58. The molecule has 2 heteroatoms. The van der Waals surface area contributed by atoms with E-state index in [4.69, 9.17) is 4.42 Å². The Bertz CT molecular complexity index is 891. The van der Waals surface area contributed by atoms with Gasteiger partial charge in [0.1, 0.15) is 5.58 Å². The Balaban J connectivity index is 2.19. The zero-order valence-corrected chi connectivity index (χ0v) is 13.1. The summed E-state index contributed by atoms with van der Waals surface area (Å²) in [4.78, 5) is 11.3. The number of fused-ring (bicyclic) bond motifs is 1. The van der Waals surface area contributed by atoms with Gasteiger partial charge in [0.2, 0.25) is 0 Å². The molecule has 1 heterocycles. The van der Waals surface area contributed by atoms with Gasteiger partial charge < -0.3 is 4.42 Å². The maximum absolute atomic E-state index is 11.3. The molecular weight excluding hydrogens is 284 g/mol. The second-order valence-electron chi connectivity index (χ2n) is 5.41. The van der Waals surface area contributed by atoms with E-state index in [-0.39, 0.29) is 0 Å². The van der Waals surface area contributed by atoms with E-state index in [2.05, 4.69) is 18.8 Å². The summed E-state index contributed by atoms with van der Waals surface area (Å²) in [6, 6.07) is 15.3. The Morgan fingerprint density at radius 3 is 2.70 bits per heavy atom. The predicted molar refractivity (Wildman–Crippen MR) is 93.4 cm³/mol. The average Bonchev–Trinajstić information content (AvgIpc) is 2.97. The van der Waals surface area contributed by atoms with Gasteiger partial charge in [-0.25, -0.2) is 0 Å². The molecule has 2 nitrogen and oxygen atoms in total. The third kappa shape index (κ3) is 3.05. The van der Waals surface area contributed by atoms with Crippen LogP contribution in [0.1, 0.15) is 42.1 Å². The molecule has 0 radical (unpaired) electrons. The van der Waals surface area contributed by atoms with E-state index in [1.165, 1.54) is 0 Å². The van der Waals surface area contributed by atoms with Crippen molar-refractivity contribution in [1.82, 2.24) is 0 Å². The first-order valence-corrected chi connectivity index (χ1v) is 7.90. The van der Waals surface area contributed by atoms with Gasteiger partial charge in [-0.15, -0.1) is 0 Å². The number of para-hydroxylation sites is 1. The molecule has 0 unspecified atom stereocenters. The summed E-state index contributed by atoms with van der Waals surface area (Å²) >= 11 is 0. The first-order valence-electron chi connectivity index (χ1n) is 7.90. The highest BCUT2D eigenvalue weighted by Crippen LogP contribution is 2.34. The lowest BCUT2D eigenvalue weighted by atomic mass is 10.0. The van der Waals surface area contributed by atoms with E-state index in [9.17, 15) is 4.79 Å². The lowest BCUT2D eigenvalue weighted by Crippen LogP contribution is -1.87. The Labute approximate surface area is 136 Å². The van der Waals surface area contributed by atoms with Gasteiger partial charge in [0, 0.05) is 22.9 Å². The van der Waals surface area contributed by atoms with Crippen molar-refractivity contribution in [2.75, 3.05) is 0 Å². The topological polar surface area (TPSA) is 30.2 Å². The number of rotatable bonds is 4.